The van der Waals surface area contributed by atoms with Crippen LogP contribution in [0.2, 0.25) is 5.15 Å². The lowest BCUT2D eigenvalue weighted by Crippen LogP contribution is -2.42. The minimum atomic E-state index is -0.613. The van der Waals surface area contributed by atoms with Crippen LogP contribution in [0, 0.1) is 5.82 Å². The molecule has 0 aliphatic carbocycles. The van der Waals surface area contributed by atoms with Crippen LogP contribution < -0.4 is 9.64 Å². The molecule has 0 aromatic carbocycles. The molecule has 0 saturated carbocycles. The number of ether oxygens (including phenoxy) is 1. The number of thioether (sulfide) groups is 1. The van der Waals surface area contributed by atoms with Gasteiger partial charge < -0.3 is 9.64 Å². The second kappa shape index (κ2) is 5.38. The first-order chi connectivity index (χ1) is 10.7. The van der Waals surface area contributed by atoms with Crippen molar-refractivity contribution in [2.75, 3.05) is 24.3 Å². The molecule has 1 fully saturated rings. The Hall–Kier alpha value is -1.34. The monoisotopic (exact) mass is 340 g/mol. The Kier molecular flexibility index (Phi) is 3.49. The number of pyridine rings is 1. The van der Waals surface area contributed by atoms with E-state index >= 15 is 0 Å². The number of halogens is 2. The largest absolute Gasteiger partial charge is 0.475 e. The number of aromatic nitrogens is 3. The minimum Gasteiger partial charge on any atom is -0.475 e. The lowest BCUT2D eigenvalue weighted by Gasteiger charge is -2.34. The SMILES string of the molecule is CSc1nc2c3c(nc(Cl)c(F)c3n1)OCC1CCCCN21. The molecule has 5 nitrogen and oxygen atoms in total. The first-order valence-electron chi connectivity index (χ1n) is 7.19. The average Bonchev–Trinajstić information content (AvgIpc) is 2.70. The van der Waals surface area contributed by atoms with Gasteiger partial charge in [-0.2, -0.15) is 4.98 Å². The fourth-order valence-electron chi connectivity index (χ4n) is 3.11. The van der Waals surface area contributed by atoms with Crippen molar-refractivity contribution in [1.29, 1.82) is 0 Å². The van der Waals surface area contributed by atoms with Crippen LogP contribution in [0.25, 0.3) is 10.9 Å². The van der Waals surface area contributed by atoms with Crippen LogP contribution in [-0.4, -0.2) is 40.4 Å². The number of nitrogens with zero attached hydrogens (tertiary/aromatic N) is 4. The molecular weight excluding hydrogens is 327 g/mol. The van der Waals surface area contributed by atoms with E-state index in [0.29, 0.717) is 23.0 Å². The van der Waals surface area contributed by atoms with Crippen LogP contribution in [0.4, 0.5) is 10.2 Å². The molecule has 0 bridgehead atoms. The molecule has 2 aromatic rings. The Balaban J connectivity index is 2.05. The zero-order chi connectivity index (χ0) is 15.3. The molecule has 1 unspecified atom stereocenters. The van der Waals surface area contributed by atoms with E-state index in [1.54, 1.807) is 0 Å². The summed E-state index contributed by atoms with van der Waals surface area (Å²) in [7, 11) is 0. The highest BCUT2D eigenvalue weighted by Crippen LogP contribution is 2.40. The number of fused-ring (bicyclic) bond motifs is 2. The summed E-state index contributed by atoms with van der Waals surface area (Å²) in [5.74, 6) is 0.437. The molecule has 4 rings (SSSR count). The van der Waals surface area contributed by atoms with E-state index in [0.717, 1.165) is 31.6 Å². The highest BCUT2D eigenvalue weighted by molar-refractivity contribution is 7.98. The Morgan fingerprint density at radius 3 is 3.00 bits per heavy atom. The molecule has 2 aromatic heterocycles. The van der Waals surface area contributed by atoms with E-state index in [1.807, 2.05) is 6.26 Å². The molecule has 0 radical (unpaired) electrons. The maximum Gasteiger partial charge on any atom is 0.228 e. The van der Waals surface area contributed by atoms with Crippen LogP contribution in [-0.2, 0) is 0 Å². The van der Waals surface area contributed by atoms with Crippen LogP contribution in [0.1, 0.15) is 19.3 Å². The third-order valence-electron chi connectivity index (χ3n) is 4.17. The van der Waals surface area contributed by atoms with Gasteiger partial charge in [-0.3, -0.25) is 0 Å². The van der Waals surface area contributed by atoms with Crippen molar-refractivity contribution < 1.29 is 9.13 Å². The zero-order valence-electron chi connectivity index (χ0n) is 12.0. The van der Waals surface area contributed by atoms with Gasteiger partial charge in [-0.15, -0.1) is 0 Å². The van der Waals surface area contributed by atoms with Crippen molar-refractivity contribution in [2.45, 2.75) is 30.5 Å². The number of piperidine rings is 1. The molecule has 116 valence electrons. The van der Waals surface area contributed by atoms with Crippen LogP contribution in [0.15, 0.2) is 5.16 Å². The maximum atomic E-state index is 14.4. The molecular formula is C14H14ClFN4OS. The smallest absolute Gasteiger partial charge is 0.228 e. The first kappa shape index (κ1) is 14.3. The summed E-state index contributed by atoms with van der Waals surface area (Å²) in [6.07, 6.45) is 5.16. The standard InChI is InChI=1S/C14H14ClFN4OS/c1-22-14-17-10-8-12(19-14)20-5-3-2-4-7(20)6-21-13(8)18-11(15)9(10)16/h7H,2-6H2,1H3. The lowest BCUT2D eigenvalue weighted by atomic mass is 10.0. The van der Waals surface area contributed by atoms with E-state index in [1.165, 1.54) is 11.8 Å². The third kappa shape index (κ3) is 2.10. The fourth-order valence-corrected chi connectivity index (χ4v) is 3.63. The van der Waals surface area contributed by atoms with E-state index < -0.39 is 5.82 Å². The lowest BCUT2D eigenvalue weighted by molar-refractivity contribution is 0.259. The summed E-state index contributed by atoms with van der Waals surface area (Å²) in [4.78, 5) is 15.2. The maximum absolute atomic E-state index is 14.4. The van der Waals surface area contributed by atoms with E-state index in [2.05, 4.69) is 19.9 Å². The number of anilines is 1. The molecule has 22 heavy (non-hydrogen) atoms. The highest BCUT2D eigenvalue weighted by Gasteiger charge is 2.32. The van der Waals surface area contributed by atoms with E-state index in [9.17, 15) is 4.39 Å². The van der Waals surface area contributed by atoms with Gasteiger partial charge in [0.1, 0.15) is 23.3 Å². The number of hydrogen-bond acceptors (Lipinski definition) is 6. The topological polar surface area (TPSA) is 51.1 Å². The second-order valence-corrected chi connectivity index (χ2v) is 6.56. The molecule has 8 heteroatoms. The van der Waals surface area contributed by atoms with Gasteiger partial charge in [0, 0.05) is 6.54 Å². The van der Waals surface area contributed by atoms with Gasteiger partial charge in [0.15, 0.2) is 16.1 Å². The van der Waals surface area contributed by atoms with Gasteiger partial charge in [-0.1, -0.05) is 23.4 Å². The van der Waals surface area contributed by atoms with Crippen molar-refractivity contribution in [3.8, 4) is 5.88 Å². The summed E-state index contributed by atoms with van der Waals surface area (Å²) in [6.45, 7) is 1.40. The van der Waals surface area contributed by atoms with E-state index in [4.69, 9.17) is 16.3 Å². The molecule has 1 saturated heterocycles. The molecule has 0 amide bonds. The number of hydrogen-bond donors (Lipinski definition) is 0. The van der Waals surface area contributed by atoms with Crippen LogP contribution in [0.3, 0.4) is 0 Å². The molecule has 0 spiro atoms. The summed E-state index contributed by atoms with van der Waals surface area (Å²) in [5.41, 5.74) is 0.190. The van der Waals surface area contributed by atoms with Crippen LogP contribution in [0.5, 0.6) is 5.88 Å². The Morgan fingerprint density at radius 2 is 2.18 bits per heavy atom. The Labute approximate surface area is 136 Å². The van der Waals surface area contributed by atoms with Crippen LogP contribution >= 0.6 is 23.4 Å². The van der Waals surface area contributed by atoms with Crippen molar-refractivity contribution in [2.24, 2.45) is 0 Å². The van der Waals surface area contributed by atoms with Gasteiger partial charge in [-0.05, 0) is 25.5 Å². The summed E-state index contributed by atoms with van der Waals surface area (Å²) < 4.78 is 20.2. The quantitative estimate of drug-likeness (QED) is 0.451. The molecule has 1 atom stereocenters. The zero-order valence-corrected chi connectivity index (χ0v) is 13.5. The predicted molar refractivity (Wildman–Crippen MR) is 84.6 cm³/mol. The van der Waals surface area contributed by atoms with Crippen molar-refractivity contribution >= 4 is 40.1 Å². The third-order valence-corrected chi connectivity index (χ3v) is 4.96. The summed E-state index contributed by atoms with van der Waals surface area (Å²) >= 11 is 7.29. The molecule has 2 aliphatic heterocycles. The fraction of sp³-hybridized carbons (Fsp3) is 0.500. The van der Waals surface area contributed by atoms with E-state index in [-0.39, 0.29) is 16.7 Å². The van der Waals surface area contributed by atoms with Crippen molar-refractivity contribution in [3.63, 3.8) is 0 Å². The van der Waals surface area contributed by atoms with Gasteiger partial charge in [0.05, 0.1) is 6.04 Å². The number of rotatable bonds is 1. The molecule has 0 N–H and O–H groups in total. The summed E-state index contributed by atoms with van der Waals surface area (Å²) in [6, 6.07) is 0.234. The Morgan fingerprint density at radius 1 is 1.32 bits per heavy atom. The van der Waals surface area contributed by atoms with Gasteiger partial charge in [0.25, 0.3) is 0 Å². The first-order valence-corrected chi connectivity index (χ1v) is 8.79. The summed E-state index contributed by atoms with van der Waals surface area (Å²) in [5, 5.41) is 0.851. The molecule has 4 heterocycles. The average molecular weight is 341 g/mol. The van der Waals surface area contributed by atoms with Gasteiger partial charge in [-0.25, -0.2) is 14.4 Å². The predicted octanol–water partition coefficient (Wildman–Crippen LogP) is 3.29. The highest BCUT2D eigenvalue weighted by atomic mass is 35.5. The van der Waals surface area contributed by atoms with Gasteiger partial charge >= 0.3 is 0 Å². The van der Waals surface area contributed by atoms with Crippen molar-refractivity contribution in [1.82, 2.24) is 15.0 Å². The van der Waals surface area contributed by atoms with Gasteiger partial charge in [0.2, 0.25) is 5.88 Å². The normalized spacial score (nSPS) is 20.5. The molecule has 2 aliphatic rings. The van der Waals surface area contributed by atoms with Crippen molar-refractivity contribution in [3.05, 3.63) is 11.0 Å². The Bertz CT molecular complexity index is 759. The minimum absolute atomic E-state index is 0.190. The second-order valence-electron chi connectivity index (χ2n) is 5.43.